The first-order valence-corrected chi connectivity index (χ1v) is 8.64. The van der Waals surface area contributed by atoms with Gasteiger partial charge in [-0.05, 0) is 48.8 Å². The molecule has 5 nitrogen and oxygen atoms in total. The third-order valence-corrected chi connectivity index (χ3v) is 4.00. The second-order valence-electron chi connectivity index (χ2n) is 5.86. The zero-order valence-electron chi connectivity index (χ0n) is 14.5. The Bertz CT molecular complexity index is 824. The van der Waals surface area contributed by atoms with Crippen molar-refractivity contribution in [3.05, 3.63) is 63.7 Å². The molecule has 2 N–H and O–H groups in total. The minimum atomic E-state index is -4.76. The Hall–Kier alpha value is -2.68. The van der Waals surface area contributed by atoms with Crippen LogP contribution in [0.1, 0.15) is 30.9 Å². The fourth-order valence-electron chi connectivity index (χ4n) is 2.41. The van der Waals surface area contributed by atoms with Gasteiger partial charge in [0.05, 0.1) is 16.2 Å². The number of anilines is 2. The van der Waals surface area contributed by atoms with E-state index in [0.29, 0.717) is 11.8 Å². The lowest BCUT2D eigenvalue weighted by molar-refractivity contribution is -0.385. The molecule has 27 heavy (non-hydrogen) atoms. The van der Waals surface area contributed by atoms with Crippen molar-refractivity contribution in [3.63, 3.8) is 0 Å². The lowest BCUT2D eigenvalue weighted by atomic mass is 10.1. The van der Waals surface area contributed by atoms with Crippen LogP contribution in [-0.4, -0.2) is 10.0 Å². The standard InChI is InChI=1S/C18H18F3N3O2S/c1-2-3-4-12-5-7-13(8-6-12)22-17(27)23-16-10-9-14(24(25)26)11-15(16)18(19,20)21/h5-11H,2-4H2,1H3,(H2,22,23,27). The molecule has 0 unspecified atom stereocenters. The smallest absolute Gasteiger partial charge is 0.332 e. The summed E-state index contributed by atoms with van der Waals surface area (Å²) in [6, 6.07) is 9.89. The van der Waals surface area contributed by atoms with Crippen molar-refractivity contribution in [2.24, 2.45) is 0 Å². The fourth-order valence-corrected chi connectivity index (χ4v) is 2.64. The first-order chi connectivity index (χ1) is 12.7. The number of nitro groups is 1. The van der Waals surface area contributed by atoms with Gasteiger partial charge in [0.25, 0.3) is 5.69 Å². The summed E-state index contributed by atoms with van der Waals surface area (Å²) in [6.45, 7) is 2.10. The Kier molecular flexibility index (Phi) is 6.73. The third kappa shape index (κ3) is 5.92. The fraction of sp³-hybridized carbons (Fsp3) is 0.278. The number of thiocarbonyl (C=S) groups is 1. The van der Waals surface area contributed by atoms with Gasteiger partial charge in [0.2, 0.25) is 0 Å². The highest BCUT2D eigenvalue weighted by molar-refractivity contribution is 7.80. The maximum absolute atomic E-state index is 13.2. The van der Waals surface area contributed by atoms with Gasteiger partial charge in [0.15, 0.2) is 5.11 Å². The SMILES string of the molecule is CCCCc1ccc(NC(=S)Nc2ccc([N+](=O)[O-])cc2C(F)(F)F)cc1. The van der Waals surface area contributed by atoms with Gasteiger partial charge < -0.3 is 10.6 Å². The van der Waals surface area contributed by atoms with Crippen LogP contribution in [0, 0.1) is 10.1 Å². The number of non-ortho nitro benzene ring substituents is 1. The van der Waals surface area contributed by atoms with E-state index in [2.05, 4.69) is 17.6 Å². The van der Waals surface area contributed by atoms with Crippen LogP contribution in [0.15, 0.2) is 42.5 Å². The van der Waals surface area contributed by atoms with Gasteiger partial charge in [-0.3, -0.25) is 10.1 Å². The molecule has 0 radical (unpaired) electrons. The Morgan fingerprint density at radius 3 is 2.37 bits per heavy atom. The predicted molar refractivity (Wildman–Crippen MR) is 103 cm³/mol. The Balaban J connectivity index is 2.12. The second kappa shape index (κ2) is 8.81. The maximum atomic E-state index is 13.2. The molecule has 2 aromatic carbocycles. The van der Waals surface area contributed by atoms with Gasteiger partial charge in [-0.15, -0.1) is 0 Å². The van der Waals surface area contributed by atoms with Crippen LogP contribution in [0.2, 0.25) is 0 Å². The average molecular weight is 397 g/mol. The maximum Gasteiger partial charge on any atom is 0.418 e. The van der Waals surface area contributed by atoms with Gasteiger partial charge >= 0.3 is 6.18 Å². The summed E-state index contributed by atoms with van der Waals surface area (Å²) in [5.74, 6) is 0. The summed E-state index contributed by atoms with van der Waals surface area (Å²) in [7, 11) is 0. The van der Waals surface area contributed by atoms with Crippen LogP contribution in [-0.2, 0) is 12.6 Å². The molecule has 0 aliphatic heterocycles. The average Bonchev–Trinajstić information content (AvgIpc) is 2.60. The molecule has 0 heterocycles. The normalized spacial score (nSPS) is 11.1. The number of halogens is 3. The summed E-state index contributed by atoms with van der Waals surface area (Å²) in [6.07, 6.45) is -1.64. The molecule has 0 saturated heterocycles. The molecule has 0 aromatic heterocycles. The van der Waals surface area contributed by atoms with Gasteiger partial charge in [0, 0.05) is 17.8 Å². The van der Waals surface area contributed by atoms with E-state index in [0.717, 1.165) is 37.0 Å². The molecule has 0 atom stereocenters. The minimum absolute atomic E-state index is 0.0457. The van der Waals surface area contributed by atoms with Gasteiger partial charge in [-0.1, -0.05) is 25.5 Å². The molecule has 9 heteroatoms. The van der Waals surface area contributed by atoms with Crippen LogP contribution < -0.4 is 10.6 Å². The summed E-state index contributed by atoms with van der Waals surface area (Å²) >= 11 is 5.06. The number of rotatable bonds is 6. The lowest BCUT2D eigenvalue weighted by Crippen LogP contribution is -2.21. The van der Waals surface area contributed by atoms with Crippen LogP contribution in [0.5, 0.6) is 0 Å². The van der Waals surface area contributed by atoms with Gasteiger partial charge in [-0.25, -0.2) is 0 Å². The number of nitrogens with zero attached hydrogens (tertiary/aromatic N) is 1. The molecule has 2 rings (SSSR count). The van der Waals surface area contributed by atoms with Crippen LogP contribution >= 0.6 is 12.2 Å². The summed E-state index contributed by atoms with van der Waals surface area (Å²) < 4.78 is 39.6. The van der Waals surface area contributed by atoms with Crippen molar-refractivity contribution >= 4 is 34.4 Å². The van der Waals surface area contributed by atoms with Crippen molar-refractivity contribution in [3.8, 4) is 0 Å². The van der Waals surface area contributed by atoms with E-state index in [9.17, 15) is 23.3 Å². The first kappa shape index (κ1) is 20.6. The zero-order chi connectivity index (χ0) is 20.0. The van der Waals surface area contributed by atoms with E-state index >= 15 is 0 Å². The summed E-state index contributed by atoms with van der Waals surface area (Å²) in [5, 5.41) is 15.9. The van der Waals surface area contributed by atoms with E-state index < -0.39 is 22.4 Å². The predicted octanol–water partition coefficient (Wildman–Crippen LogP) is 5.77. The number of nitrogens with one attached hydrogen (secondary N) is 2. The second-order valence-corrected chi connectivity index (χ2v) is 6.27. The molecule has 0 amide bonds. The summed E-state index contributed by atoms with van der Waals surface area (Å²) in [4.78, 5) is 9.85. The lowest BCUT2D eigenvalue weighted by Gasteiger charge is -2.16. The monoisotopic (exact) mass is 397 g/mol. The molecule has 144 valence electrons. The number of nitro benzene ring substituents is 1. The molecule has 0 fully saturated rings. The van der Waals surface area contributed by atoms with Crippen molar-refractivity contribution in [1.82, 2.24) is 0 Å². The van der Waals surface area contributed by atoms with Crippen molar-refractivity contribution in [2.75, 3.05) is 10.6 Å². The summed E-state index contributed by atoms with van der Waals surface area (Å²) in [5.41, 5.74) is -0.366. The number of aryl methyl sites for hydroxylation is 1. The number of unbranched alkanes of at least 4 members (excludes halogenated alkanes) is 1. The minimum Gasteiger partial charge on any atom is -0.332 e. The molecule has 0 bridgehead atoms. The molecule has 2 aromatic rings. The topological polar surface area (TPSA) is 67.2 Å². The number of alkyl halides is 3. The molecular weight excluding hydrogens is 379 g/mol. The van der Waals surface area contributed by atoms with Crippen LogP contribution in [0.3, 0.4) is 0 Å². The van der Waals surface area contributed by atoms with Crippen molar-refractivity contribution < 1.29 is 18.1 Å². The van der Waals surface area contributed by atoms with Crippen LogP contribution in [0.25, 0.3) is 0 Å². The largest absolute Gasteiger partial charge is 0.418 e. The van der Waals surface area contributed by atoms with E-state index in [1.54, 1.807) is 12.1 Å². The number of hydrogen-bond acceptors (Lipinski definition) is 3. The highest BCUT2D eigenvalue weighted by Crippen LogP contribution is 2.37. The molecule has 0 spiro atoms. The van der Waals surface area contributed by atoms with E-state index in [-0.39, 0.29) is 10.8 Å². The molecule has 0 aliphatic carbocycles. The van der Waals surface area contributed by atoms with E-state index in [4.69, 9.17) is 12.2 Å². The third-order valence-electron chi connectivity index (χ3n) is 3.80. The van der Waals surface area contributed by atoms with E-state index in [1.807, 2.05) is 12.1 Å². The van der Waals surface area contributed by atoms with Crippen molar-refractivity contribution in [2.45, 2.75) is 32.4 Å². The molecule has 0 aliphatic rings. The van der Waals surface area contributed by atoms with Crippen molar-refractivity contribution in [1.29, 1.82) is 0 Å². The van der Waals surface area contributed by atoms with Gasteiger partial charge in [0.1, 0.15) is 0 Å². The highest BCUT2D eigenvalue weighted by Gasteiger charge is 2.35. The molecule has 0 saturated carbocycles. The quantitative estimate of drug-likeness (QED) is 0.368. The Labute approximate surface area is 159 Å². The van der Waals surface area contributed by atoms with Gasteiger partial charge in [-0.2, -0.15) is 13.2 Å². The highest BCUT2D eigenvalue weighted by atomic mass is 32.1. The first-order valence-electron chi connectivity index (χ1n) is 8.23. The van der Waals surface area contributed by atoms with E-state index in [1.165, 1.54) is 0 Å². The number of hydrogen-bond donors (Lipinski definition) is 2. The molecular formula is C18H18F3N3O2S. The van der Waals surface area contributed by atoms with Crippen LogP contribution in [0.4, 0.5) is 30.2 Å². The Morgan fingerprint density at radius 1 is 1.15 bits per heavy atom. The number of benzene rings is 2. The zero-order valence-corrected chi connectivity index (χ0v) is 15.3. The Morgan fingerprint density at radius 2 is 1.81 bits per heavy atom.